The summed E-state index contributed by atoms with van der Waals surface area (Å²) in [5, 5.41) is 0. The van der Waals surface area contributed by atoms with E-state index in [4.69, 9.17) is 9.47 Å². The Morgan fingerprint density at radius 2 is 1.52 bits per heavy atom. The van der Waals surface area contributed by atoms with Crippen LogP contribution in [0.5, 0.6) is 0 Å². The van der Waals surface area contributed by atoms with Crippen molar-refractivity contribution in [2.45, 2.75) is 64.0 Å². The van der Waals surface area contributed by atoms with E-state index in [0.29, 0.717) is 19.5 Å². The van der Waals surface area contributed by atoms with Crippen molar-refractivity contribution in [3.8, 4) is 11.1 Å². The Morgan fingerprint density at radius 1 is 0.932 bits per heavy atom. The fourth-order valence-corrected chi connectivity index (χ4v) is 6.27. The summed E-state index contributed by atoms with van der Waals surface area (Å²) in [6, 6.07) is 14.3. The third kappa shape index (κ3) is 7.14. The van der Waals surface area contributed by atoms with Gasteiger partial charge in [-0.3, -0.25) is 19.3 Å². The van der Waals surface area contributed by atoms with Crippen LogP contribution in [0.1, 0.15) is 63.0 Å². The predicted octanol–water partition coefficient (Wildman–Crippen LogP) is 5.24. The van der Waals surface area contributed by atoms with Crippen molar-refractivity contribution < 1.29 is 28.7 Å². The Bertz CT molecular complexity index is 1310. The first-order chi connectivity index (χ1) is 21.2. The summed E-state index contributed by atoms with van der Waals surface area (Å²) in [5.41, 5.74) is 4.45. The maximum Gasteiger partial charge on any atom is 0.410 e. The summed E-state index contributed by atoms with van der Waals surface area (Å²) >= 11 is 0. The smallest absolute Gasteiger partial charge is 0.410 e. The lowest BCUT2D eigenvalue weighted by Crippen LogP contribution is -2.58. The monoisotopic (exact) mass is 603 g/mol. The van der Waals surface area contributed by atoms with Gasteiger partial charge in [-0.05, 0) is 47.4 Å². The van der Waals surface area contributed by atoms with Gasteiger partial charge in [0.2, 0.25) is 11.8 Å². The Balaban J connectivity index is 1.52. The molecule has 0 aromatic heterocycles. The average molecular weight is 604 g/mol. The zero-order valence-corrected chi connectivity index (χ0v) is 26.4. The number of carbonyl (C=O) groups excluding carboxylic acids is 4. The van der Waals surface area contributed by atoms with Crippen molar-refractivity contribution in [3.63, 3.8) is 0 Å². The van der Waals surface area contributed by atoms with Crippen LogP contribution < -0.4 is 0 Å². The summed E-state index contributed by atoms with van der Waals surface area (Å²) in [6.07, 6.45) is 3.93. The molecule has 3 amide bonds. The molecule has 1 aliphatic heterocycles. The molecule has 0 radical (unpaired) electrons. The number of nitrogens with zero attached hydrogens (tertiary/aromatic N) is 3. The van der Waals surface area contributed by atoms with Crippen molar-refractivity contribution in [2.24, 2.45) is 5.92 Å². The first-order valence-corrected chi connectivity index (χ1v) is 15.6. The van der Waals surface area contributed by atoms with E-state index in [9.17, 15) is 19.2 Å². The van der Waals surface area contributed by atoms with Gasteiger partial charge in [0.05, 0.1) is 6.42 Å². The number of rotatable bonds is 12. The lowest BCUT2D eigenvalue weighted by atomic mass is 9.95. The van der Waals surface area contributed by atoms with Crippen LogP contribution in [0.25, 0.3) is 11.1 Å². The molecule has 1 aliphatic carbocycles. The van der Waals surface area contributed by atoms with Crippen LogP contribution >= 0.6 is 0 Å². The Kier molecular flexibility index (Phi) is 11.2. The van der Waals surface area contributed by atoms with Gasteiger partial charge in [-0.1, -0.05) is 81.5 Å². The van der Waals surface area contributed by atoms with E-state index in [-0.39, 0.29) is 37.4 Å². The second-order valence-corrected chi connectivity index (χ2v) is 11.8. The van der Waals surface area contributed by atoms with E-state index in [0.717, 1.165) is 41.5 Å². The van der Waals surface area contributed by atoms with Crippen LogP contribution in [0.2, 0.25) is 0 Å². The van der Waals surface area contributed by atoms with E-state index in [2.05, 4.69) is 30.8 Å². The number of hydrogen-bond donors (Lipinski definition) is 0. The van der Waals surface area contributed by atoms with Gasteiger partial charge in [-0.2, -0.15) is 0 Å². The lowest BCUT2D eigenvalue weighted by molar-refractivity contribution is -0.154. The second kappa shape index (κ2) is 15.0. The van der Waals surface area contributed by atoms with E-state index >= 15 is 0 Å². The normalized spacial score (nSPS) is 16.1. The van der Waals surface area contributed by atoms with Gasteiger partial charge in [0.15, 0.2) is 0 Å². The van der Waals surface area contributed by atoms with Gasteiger partial charge in [0.25, 0.3) is 0 Å². The summed E-state index contributed by atoms with van der Waals surface area (Å²) < 4.78 is 11.1. The van der Waals surface area contributed by atoms with Crippen LogP contribution in [-0.2, 0) is 23.9 Å². The molecule has 9 heteroatoms. The van der Waals surface area contributed by atoms with Crippen molar-refractivity contribution in [1.82, 2.24) is 14.7 Å². The Morgan fingerprint density at radius 3 is 2.09 bits per heavy atom. The van der Waals surface area contributed by atoms with Gasteiger partial charge in [0, 0.05) is 33.1 Å². The molecule has 2 aliphatic rings. The third-order valence-corrected chi connectivity index (χ3v) is 8.97. The summed E-state index contributed by atoms with van der Waals surface area (Å²) in [4.78, 5) is 58.4. The minimum absolute atomic E-state index is 0.0150. The Hall–Kier alpha value is -4.14. The fourth-order valence-electron chi connectivity index (χ4n) is 6.27. The number of likely N-dealkylation sites (tertiary alicyclic amines) is 1. The molecule has 2 aromatic carbocycles. The molecule has 0 N–H and O–H groups in total. The number of fused-ring (bicyclic) bond motifs is 3. The van der Waals surface area contributed by atoms with Crippen LogP contribution in [0, 0.1) is 5.92 Å². The van der Waals surface area contributed by atoms with Crippen molar-refractivity contribution in [2.75, 3.05) is 40.4 Å². The highest BCUT2D eigenvalue weighted by molar-refractivity contribution is 5.93. The molecule has 0 saturated carbocycles. The number of benzene rings is 2. The minimum Gasteiger partial charge on any atom is -0.461 e. The molecule has 1 fully saturated rings. The number of carbonyl (C=O) groups is 4. The molecule has 1 heterocycles. The molecule has 2 aromatic rings. The molecule has 0 bridgehead atoms. The van der Waals surface area contributed by atoms with Gasteiger partial charge < -0.3 is 19.3 Å². The average Bonchev–Trinajstić information content (AvgIpc) is 3.38. The first-order valence-electron chi connectivity index (χ1n) is 15.6. The number of esters is 1. The van der Waals surface area contributed by atoms with E-state index in [1.165, 1.54) is 22.9 Å². The van der Waals surface area contributed by atoms with Gasteiger partial charge in [-0.25, -0.2) is 4.79 Å². The highest BCUT2D eigenvalue weighted by Gasteiger charge is 2.40. The SMILES string of the molecule is C=CCOC(=O)C[C@@H](C(=O)N1CCCCC1)N(C)C(=O)[C@H]([C@@H](C)CC)N(C)C(=O)OCC1c2ccccc2-c2ccccc21. The number of likely N-dealkylation sites (N-methyl/N-ethyl adjacent to an activating group) is 2. The third-order valence-electron chi connectivity index (χ3n) is 8.97. The first kappa shape index (κ1) is 32.8. The Labute approximate surface area is 260 Å². The van der Waals surface area contributed by atoms with Crippen LogP contribution in [-0.4, -0.2) is 91.1 Å². The van der Waals surface area contributed by atoms with E-state index in [1.807, 2.05) is 38.1 Å². The van der Waals surface area contributed by atoms with Crippen LogP contribution in [0.3, 0.4) is 0 Å². The number of amides is 3. The second-order valence-electron chi connectivity index (χ2n) is 11.8. The van der Waals surface area contributed by atoms with Crippen LogP contribution in [0.4, 0.5) is 4.79 Å². The molecule has 236 valence electrons. The molecule has 0 spiro atoms. The van der Waals surface area contributed by atoms with Crippen molar-refractivity contribution in [3.05, 3.63) is 72.3 Å². The van der Waals surface area contributed by atoms with Gasteiger partial charge >= 0.3 is 12.1 Å². The highest BCUT2D eigenvalue weighted by Crippen LogP contribution is 2.44. The maximum atomic E-state index is 14.1. The minimum atomic E-state index is -1.06. The number of piperidine rings is 1. The summed E-state index contributed by atoms with van der Waals surface area (Å²) in [6.45, 7) is 8.70. The van der Waals surface area contributed by atoms with Gasteiger partial charge in [-0.15, -0.1) is 0 Å². The zero-order valence-electron chi connectivity index (χ0n) is 26.4. The van der Waals surface area contributed by atoms with Crippen LogP contribution in [0.15, 0.2) is 61.2 Å². The summed E-state index contributed by atoms with van der Waals surface area (Å²) in [7, 11) is 3.08. The van der Waals surface area contributed by atoms with Crippen molar-refractivity contribution in [1.29, 1.82) is 0 Å². The zero-order chi connectivity index (χ0) is 31.8. The molecule has 1 saturated heterocycles. The predicted molar refractivity (Wildman–Crippen MR) is 169 cm³/mol. The largest absolute Gasteiger partial charge is 0.461 e. The highest BCUT2D eigenvalue weighted by atomic mass is 16.6. The molecular weight excluding hydrogens is 558 g/mol. The molecule has 4 rings (SSSR count). The summed E-state index contributed by atoms with van der Waals surface area (Å²) in [5.74, 6) is -1.67. The fraction of sp³-hybridized carbons (Fsp3) is 0.486. The molecule has 0 unspecified atom stereocenters. The molecule has 3 atom stereocenters. The maximum absolute atomic E-state index is 14.1. The molecule has 44 heavy (non-hydrogen) atoms. The molecular formula is C35H45N3O6. The molecule has 9 nitrogen and oxygen atoms in total. The van der Waals surface area contributed by atoms with E-state index in [1.54, 1.807) is 11.9 Å². The standard InChI is InChI=1S/C35H45N3O6/c1-6-21-43-31(39)22-30(33(40)38-19-13-8-14-20-38)36(4)34(41)32(24(3)7-2)37(5)35(42)44-23-29-27-17-11-9-15-25(27)26-16-10-12-18-28(26)29/h6,9-12,15-18,24,29-30,32H,1,7-8,13-14,19-23H2,2-5H3/t24-,30-,32-/m0/s1. The van der Waals surface area contributed by atoms with Gasteiger partial charge in [0.1, 0.15) is 25.3 Å². The quantitative estimate of drug-likeness (QED) is 0.243. The topological polar surface area (TPSA) is 96.5 Å². The number of ether oxygens (including phenoxy) is 2. The van der Waals surface area contributed by atoms with E-state index < -0.39 is 30.1 Å². The number of hydrogen-bond acceptors (Lipinski definition) is 6. The lowest BCUT2D eigenvalue weighted by Gasteiger charge is -2.38. The van der Waals surface area contributed by atoms with Crippen molar-refractivity contribution >= 4 is 23.9 Å².